The maximum absolute atomic E-state index is 12.2. The first-order valence-electron chi connectivity index (χ1n) is 7.75. The number of rotatable bonds is 4. The summed E-state index contributed by atoms with van der Waals surface area (Å²) in [7, 11) is 2.14. The summed E-state index contributed by atoms with van der Waals surface area (Å²) < 4.78 is 0. The van der Waals surface area contributed by atoms with Crippen molar-refractivity contribution in [2.24, 2.45) is 11.8 Å². The van der Waals surface area contributed by atoms with Gasteiger partial charge in [-0.2, -0.15) is 0 Å². The minimum Gasteiger partial charge on any atom is -0.481 e. The maximum Gasteiger partial charge on any atom is 0.308 e. The van der Waals surface area contributed by atoms with Crippen LogP contribution in [0.15, 0.2) is 0 Å². The van der Waals surface area contributed by atoms with E-state index in [-0.39, 0.29) is 11.8 Å². The fourth-order valence-corrected chi connectivity index (χ4v) is 3.24. The van der Waals surface area contributed by atoms with Gasteiger partial charge < -0.3 is 14.9 Å². The normalized spacial score (nSPS) is 25.6. The van der Waals surface area contributed by atoms with Crippen molar-refractivity contribution in [3.8, 4) is 0 Å². The van der Waals surface area contributed by atoms with E-state index in [0.717, 1.165) is 32.5 Å². The van der Waals surface area contributed by atoms with Gasteiger partial charge in [0.1, 0.15) is 0 Å². The molecule has 0 spiro atoms. The number of carbonyl (C=O) groups is 2. The van der Waals surface area contributed by atoms with Gasteiger partial charge in [-0.25, -0.2) is 0 Å². The molecule has 114 valence electrons. The highest BCUT2D eigenvalue weighted by atomic mass is 16.4. The number of carbonyl (C=O) groups excluding carboxylic acids is 1. The van der Waals surface area contributed by atoms with Crippen molar-refractivity contribution >= 4 is 11.9 Å². The molecule has 0 aromatic rings. The molecule has 2 aliphatic rings. The molecule has 5 nitrogen and oxygen atoms in total. The van der Waals surface area contributed by atoms with Gasteiger partial charge in [0.2, 0.25) is 5.91 Å². The van der Waals surface area contributed by atoms with E-state index in [1.54, 1.807) is 4.90 Å². The Hall–Kier alpha value is -1.10. The molecule has 0 unspecified atom stereocenters. The molecule has 2 heterocycles. The quantitative estimate of drug-likeness (QED) is 0.847. The molecular weight excluding hydrogens is 256 g/mol. The average molecular weight is 282 g/mol. The first kappa shape index (κ1) is 15.3. The van der Waals surface area contributed by atoms with Gasteiger partial charge >= 0.3 is 5.97 Å². The van der Waals surface area contributed by atoms with Crippen LogP contribution in [0.25, 0.3) is 0 Å². The number of likely N-dealkylation sites (tertiary alicyclic amines) is 2. The van der Waals surface area contributed by atoms with Crippen molar-refractivity contribution in [1.82, 2.24) is 9.80 Å². The fraction of sp³-hybridized carbons (Fsp3) is 0.867. The summed E-state index contributed by atoms with van der Waals surface area (Å²) in [6.07, 6.45) is 5.43. The van der Waals surface area contributed by atoms with Gasteiger partial charge in [0.05, 0.1) is 5.92 Å². The predicted octanol–water partition coefficient (Wildman–Crippen LogP) is 1.43. The Kier molecular flexibility index (Phi) is 5.40. The number of hydrogen-bond acceptors (Lipinski definition) is 3. The molecule has 0 aliphatic carbocycles. The van der Waals surface area contributed by atoms with Gasteiger partial charge in [0.25, 0.3) is 0 Å². The molecule has 1 N–H and O–H groups in total. The van der Waals surface area contributed by atoms with Crippen molar-refractivity contribution in [3.63, 3.8) is 0 Å². The smallest absolute Gasteiger partial charge is 0.308 e. The Morgan fingerprint density at radius 2 is 1.85 bits per heavy atom. The average Bonchev–Trinajstić information content (AvgIpc) is 2.46. The van der Waals surface area contributed by atoms with Crippen molar-refractivity contribution in [3.05, 3.63) is 0 Å². The van der Waals surface area contributed by atoms with Crippen LogP contribution >= 0.6 is 0 Å². The molecule has 2 fully saturated rings. The van der Waals surface area contributed by atoms with Crippen LogP contribution in [0.1, 0.15) is 38.5 Å². The minimum atomic E-state index is -0.766. The maximum atomic E-state index is 12.2. The zero-order valence-corrected chi connectivity index (χ0v) is 12.4. The van der Waals surface area contributed by atoms with Crippen molar-refractivity contribution in [1.29, 1.82) is 0 Å². The number of carboxylic acid groups (broad SMARTS) is 1. The van der Waals surface area contributed by atoms with Gasteiger partial charge in [-0.05, 0) is 58.2 Å². The van der Waals surface area contributed by atoms with Crippen LogP contribution in [0, 0.1) is 11.8 Å². The fourth-order valence-electron chi connectivity index (χ4n) is 3.24. The van der Waals surface area contributed by atoms with Gasteiger partial charge in [-0.3, -0.25) is 9.59 Å². The Morgan fingerprint density at radius 1 is 1.15 bits per heavy atom. The third-order valence-electron chi connectivity index (χ3n) is 4.73. The minimum absolute atomic E-state index is 0.148. The standard InChI is InChI=1S/C15H26N2O3/c1-16-9-6-12(7-10-16)4-5-14(18)17-8-2-3-13(11-17)15(19)20/h12-13H,2-11H2,1H3,(H,19,20)/t13-/m1/s1. The summed E-state index contributed by atoms with van der Waals surface area (Å²) in [6.45, 7) is 3.39. The van der Waals surface area contributed by atoms with E-state index in [9.17, 15) is 9.59 Å². The van der Waals surface area contributed by atoms with Crippen LogP contribution in [0.4, 0.5) is 0 Å². The Morgan fingerprint density at radius 3 is 2.50 bits per heavy atom. The summed E-state index contributed by atoms with van der Waals surface area (Å²) in [5.74, 6) is -0.320. The Bertz CT molecular complexity index is 351. The largest absolute Gasteiger partial charge is 0.481 e. The van der Waals surface area contributed by atoms with E-state index in [1.165, 1.54) is 12.8 Å². The predicted molar refractivity (Wildman–Crippen MR) is 76.4 cm³/mol. The first-order valence-corrected chi connectivity index (χ1v) is 7.75. The molecular formula is C15H26N2O3. The molecule has 0 saturated carbocycles. The molecule has 2 rings (SSSR count). The summed E-state index contributed by atoms with van der Waals surface area (Å²) >= 11 is 0. The monoisotopic (exact) mass is 282 g/mol. The highest BCUT2D eigenvalue weighted by molar-refractivity contribution is 5.78. The van der Waals surface area contributed by atoms with Gasteiger partial charge in [0, 0.05) is 19.5 Å². The summed E-state index contributed by atoms with van der Waals surface area (Å²) in [4.78, 5) is 27.3. The van der Waals surface area contributed by atoms with Gasteiger partial charge in [-0.1, -0.05) is 0 Å². The zero-order chi connectivity index (χ0) is 14.5. The van der Waals surface area contributed by atoms with E-state index < -0.39 is 5.97 Å². The first-order chi connectivity index (χ1) is 9.56. The lowest BCUT2D eigenvalue weighted by molar-refractivity contribution is -0.145. The van der Waals surface area contributed by atoms with Gasteiger partial charge in [-0.15, -0.1) is 0 Å². The number of piperidine rings is 2. The Labute approximate surface area is 120 Å². The van der Waals surface area contributed by atoms with Crippen molar-refractivity contribution in [2.45, 2.75) is 38.5 Å². The van der Waals surface area contributed by atoms with Crippen molar-refractivity contribution in [2.75, 3.05) is 33.2 Å². The van der Waals surface area contributed by atoms with Crippen LogP contribution in [0.2, 0.25) is 0 Å². The number of amides is 1. The lowest BCUT2D eigenvalue weighted by Gasteiger charge is -2.32. The molecule has 0 bridgehead atoms. The lowest BCUT2D eigenvalue weighted by atomic mass is 9.91. The number of aliphatic carboxylic acids is 1. The topological polar surface area (TPSA) is 60.9 Å². The molecule has 5 heteroatoms. The molecule has 0 aromatic heterocycles. The highest BCUT2D eigenvalue weighted by Gasteiger charge is 2.28. The zero-order valence-electron chi connectivity index (χ0n) is 12.4. The molecule has 2 aliphatic heterocycles. The third-order valence-corrected chi connectivity index (χ3v) is 4.73. The Balaban J connectivity index is 1.73. The van der Waals surface area contributed by atoms with Crippen LogP contribution in [0.3, 0.4) is 0 Å². The van der Waals surface area contributed by atoms with E-state index in [2.05, 4.69) is 11.9 Å². The second-order valence-corrected chi connectivity index (χ2v) is 6.30. The summed E-state index contributed by atoms with van der Waals surface area (Å²) in [5.41, 5.74) is 0. The molecule has 1 atom stereocenters. The van der Waals surface area contributed by atoms with Crippen LogP contribution < -0.4 is 0 Å². The van der Waals surface area contributed by atoms with Gasteiger partial charge in [0.15, 0.2) is 0 Å². The molecule has 1 amide bonds. The SMILES string of the molecule is CN1CCC(CCC(=O)N2CCC[C@@H](C(=O)O)C2)CC1. The van der Waals surface area contributed by atoms with E-state index in [4.69, 9.17) is 5.11 Å². The molecule has 20 heavy (non-hydrogen) atoms. The van der Waals surface area contributed by atoms with Crippen LogP contribution in [-0.4, -0.2) is 60.0 Å². The second-order valence-electron chi connectivity index (χ2n) is 6.30. The van der Waals surface area contributed by atoms with E-state index >= 15 is 0 Å². The second kappa shape index (κ2) is 7.07. The third kappa shape index (κ3) is 4.20. The molecule has 0 radical (unpaired) electrons. The summed E-state index contributed by atoms with van der Waals surface area (Å²) in [6, 6.07) is 0. The number of carboxylic acids is 1. The number of nitrogens with zero attached hydrogens (tertiary/aromatic N) is 2. The highest BCUT2D eigenvalue weighted by Crippen LogP contribution is 2.23. The molecule has 2 saturated heterocycles. The van der Waals surface area contributed by atoms with E-state index in [0.29, 0.717) is 25.3 Å². The van der Waals surface area contributed by atoms with Crippen molar-refractivity contribution < 1.29 is 14.7 Å². The van der Waals surface area contributed by atoms with Crippen LogP contribution in [-0.2, 0) is 9.59 Å². The van der Waals surface area contributed by atoms with E-state index in [1.807, 2.05) is 0 Å². The summed E-state index contributed by atoms with van der Waals surface area (Å²) in [5, 5.41) is 9.05. The van der Waals surface area contributed by atoms with Crippen LogP contribution in [0.5, 0.6) is 0 Å². The number of hydrogen-bond donors (Lipinski definition) is 1. The lowest BCUT2D eigenvalue weighted by Crippen LogP contribution is -2.42. The molecule has 0 aromatic carbocycles.